The molecule has 0 spiro atoms. The maximum atomic E-state index is 12.6. The SMILES string of the molecule is COc1cccc(-c2cn[nH]c2C2CCN(C(=O)C(C)(C)OC)CC2)c1. The van der Waals surface area contributed by atoms with Crippen molar-refractivity contribution in [1.29, 1.82) is 0 Å². The maximum absolute atomic E-state index is 12.6. The molecule has 1 aromatic carbocycles. The predicted octanol–water partition coefficient (Wildman–Crippen LogP) is 3.22. The average Bonchev–Trinajstić information content (AvgIpc) is 3.17. The fourth-order valence-electron chi connectivity index (χ4n) is 3.47. The number of benzene rings is 1. The second-order valence-electron chi connectivity index (χ2n) is 7.21. The summed E-state index contributed by atoms with van der Waals surface area (Å²) in [5.41, 5.74) is 2.56. The van der Waals surface area contributed by atoms with Crippen LogP contribution in [0.3, 0.4) is 0 Å². The summed E-state index contributed by atoms with van der Waals surface area (Å²) in [5, 5.41) is 7.45. The Kier molecular flexibility index (Phi) is 5.32. The molecule has 2 heterocycles. The van der Waals surface area contributed by atoms with Crippen molar-refractivity contribution >= 4 is 5.91 Å². The van der Waals surface area contributed by atoms with Crippen molar-refractivity contribution < 1.29 is 14.3 Å². The van der Waals surface area contributed by atoms with Crippen LogP contribution in [0.25, 0.3) is 11.1 Å². The Morgan fingerprint density at radius 2 is 2.00 bits per heavy atom. The van der Waals surface area contributed by atoms with E-state index in [1.54, 1.807) is 14.2 Å². The zero-order valence-corrected chi connectivity index (χ0v) is 15.9. The summed E-state index contributed by atoms with van der Waals surface area (Å²) in [6.45, 7) is 5.09. The summed E-state index contributed by atoms with van der Waals surface area (Å²) in [6, 6.07) is 8.01. The number of hydrogen-bond donors (Lipinski definition) is 1. The molecule has 1 aromatic heterocycles. The van der Waals surface area contributed by atoms with Crippen LogP contribution in [0.2, 0.25) is 0 Å². The molecule has 1 N–H and O–H groups in total. The second-order valence-corrected chi connectivity index (χ2v) is 7.21. The fourth-order valence-corrected chi connectivity index (χ4v) is 3.47. The highest BCUT2D eigenvalue weighted by Gasteiger charge is 2.34. The first-order chi connectivity index (χ1) is 12.5. The molecule has 1 amide bonds. The van der Waals surface area contributed by atoms with E-state index in [-0.39, 0.29) is 5.91 Å². The fraction of sp³-hybridized carbons (Fsp3) is 0.500. The minimum Gasteiger partial charge on any atom is -0.497 e. The number of hydrogen-bond acceptors (Lipinski definition) is 4. The van der Waals surface area contributed by atoms with E-state index in [0.717, 1.165) is 48.5 Å². The maximum Gasteiger partial charge on any atom is 0.254 e. The van der Waals surface area contributed by atoms with Crippen molar-refractivity contribution in [2.75, 3.05) is 27.3 Å². The number of H-pyrrole nitrogens is 1. The highest BCUT2D eigenvalue weighted by Crippen LogP contribution is 2.35. The van der Waals surface area contributed by atoms with Crippen molar-refractivity contribution in [3.63, 3.8) is 0 Å². The highest BCUT2D eigenvalue weighted by molar-refractivity contribution is 5.84. The zero-order chi connectivity index (χ0) is 18.7. The summed E-state index contributed by atoms with van der Waals surface area (Å²) in [7, 11) is 3.25. The third kappa shape index (κ3) is 3.60. The molecule has 0 bridgehead atoms. The molecule has 0 atom stereocenters. The Balaban J connectivity index is 1.73. The molecule has 0 unspecified atom stereocenters. The summed E-state index contributed by atoms with van der Waals surface area (Å²) >= 11 is 0. The van der Waals surface area contributed by atoms with Crippen LogP contribution in [0.1, 0.15) is 38.3 Å². The van der Waals surface area contributed by atoms with Gasteiger partial charge < -0.3 is 14.4 Å². The van der Waals surface area contributed by atoms with E-state index < -0.39 is 5.60 Å². The van der Waals surface area contributed by atoms with E-state index in [1.807, 2.05) is 43.1 Å². The lowest BCUT2D eigenvalue weighted by Gasteiger charge is -2.36. The van der Waals surface area contributed by atoms with Gasteiger partial charge in [-0.25, -0.2) is 0 Å². The number of ether oxygens (including phenoxy) is 2. The van der Waals surface area contributed by atoms with Crippen LogP contribution in [0.5, 0.6) is 5.75 Å². The molecule has 1 aliphatic heterocycles. The van der Waals surface area contributed by atoms with Crippen LogP contribution in [0, 0.1) is 0 Å². The highest BCUT2D eigenvalue weighted by atomic mass is 16.5. The van der Waals surface area contributed by atoms with Crippen molar-refractivity contribution in [1.82, 2.24) is 15.1 Å². The van der Waals surface area contributed by atoms with Gasteiger partial charge in [0.1, 0.15) is 11.4 Å². The number of aromatic amines is 1. The van der Waals surface area contributed by atoms with Gasteiger partial charge in [-0.15, -0.1) is 0 Å². The molecule has 1 aliphatic rings. The van der Waals surface area contributed by atoms with E-state index in [1.165, 1.54) is 0 Å². The molecule has 140 valence electrons. The van der Waals surface area contributed by atoms with Gasteiger partial charge in [0.05, 0.1) is 13.3 Å². The largest absolute Gasteiger partial charge is 0.497 e. The Bertz CT molecular complexity index is 761. The van der Waals surface area contributed by atoms with Crippen LogP contribution in [-0.4, -0.2) is 53.9 Å². The normalized spacial score (nSPS) is 15.9. The van der Waals surface area contributed by atoms with Gasteiger partial charge in [0.15, 0.2) is 0 Å². The van der Waals surface area contributed by atoms with Crippen LogP contribution in [-0.2, 0) is 9.53 Å². The molecule has 3 rings (SSSR count). The lowest BCUT2D eigenvalue weighted by molar-refractivity contribution is -0.152. The van der Waals surface area contributed by atoms with Crippen molar-refractivity contribution in [3.8, 4) is 16.9 Å². The third-order valence-electron chi connectivity index (χ3n) is 5.27. The Hall–Kier alpha value is -2.34. The first-order valence-corrected chi connectivity index (χ1v) is 8.98. The number of amides is 1. The van der Waals surface area contributed by atoms with Crippen LogP contribution < -0.4 is 4.74 Å². The molecule has 6 nitrogen and oxygen atoms in total. The summed E-state index contributed by atoms with van der Waals surface area (Å²) in [4.78, 5) is 14.5. The van der Waals surface area contributed by atoms with Crippen LogP contribution >= 0.6 is 0 Å². The summed E-state index contributed by atoms with van der Waals surface area (Å²) in [5.74, 6) is 1.24. The number of piperidine rings is 1. The molecule has 6 heteroatoms. The van der Waals surface area contributed by atoms with Crippen molar-refractivity contribution in [2.24, 2.45) is 0 Å². The zero-order valence-electron chi connectivity index (χ0n) is 15.9. The molecule has 1 saturated heterocycles. The van der Waals surface area contributed by atoms with Crippen LogP contribution in [0.15, 0.2) is 30.5 Å². The molecule has 0 aliphatic carbocycles. The van der Waals surface area contributed by atoms with Gasteiger partial charge in [0.2, 0.25) is 0 Å². The lowest BCUT2D eigenvalue weighted by Crippen LogP contribution is -2.49. The quantitative estimate of drug-likeness (QED) is 0.892. The number of nitrogens with one attached hydrogen (secondary N) is 1. The molecule has 26 heavy (non-hydrogen) atoms. The lowest BCUT2D eigenvalue weighted by atomic mass is 9.89. The molecule has 0 radical (unpaired) electrons. The smallest absolute Gasteiger partial charge is 0.254 e. The van der Waals surface area contributed by atoms with E-state index in [2.05, 4.69) is 16.3 Å². The Morgan fingerprint density at radius 3 is 2.65 bits per heavy atom. The van der Waals surface area contributed by atoms with Crippen molar-refractivity contribution in [3.05, 3.63) is 36.2 Å². The van der Waals surface area contributed by atoms with E-state index >= 15 is 0 Å². The number of likely N-dealkylation sites (tertiary alicyclic amines) is 1. The van der Waals surface area contributed by atoms with Crippen LogP contribution in [0.4, 0.5) is 0 Å². The number of aromatic nitrogens is 2. The number of carbonyl (C=O) groups is 1. The predicted molar refractivity (Wildman–Crippen MR) is 100 cm³/mol. The molecule has 0 saturated carbocycles. The average molecular weight is 357 g/mol. The van der Waals surface area contributed by atoms with Gasteiger partial charge in [-0.1, -0.05) is 12.1 Å². The molecular formula is C20H27N3O3. The standard InChI is InChI=1S/C20H27N3O3/c1-20(2,26-4)19(24)23-10-8-14(9-11-23)18-17(13-21-22-18)15-6-5-7-16(12-15)25-3/h5-7,12-14H,8-11H2,1-4H3,(H,21,22). The van der Waals surface area contributed by atoms with Gasteiger partial charge in [0, 0.05) is 37.4 Å². The molecule has 1 fully saturated rings. The minimum absolute atomic E-state index is 0.0519. The molecular weight excluding hydrogens is 330 g/mol. The summed E-state index contributed by atoms with van der Waals surface area (Å²) < 4.78 is 10.7. The monoisotopic (exact) mass is 357 g/mol. The van der Waals surface area contributed by atoms with Gasteiger partial charge >= 0.3 is 0 Å². The number of nitrogens with zero attached hydrogens (tertiary/aromatic N) is 2. The van der Waals surface area contributed by atoms with Gasteiger partial charge in [-0.3, -0.25) is 9.89 Å². The van der Waals surface area contributed by atoms with E-state index in [0.29, 0.717) is 5.92 Å². The second kappa shape index (κ2) is 7.50. The van der Waals surface area contributed by atoms with Gasteiger partial charge in [0.25, 0.3) is 5.91 Å². The number of methoxy groups -OCH3 is 2. The first kappa shape index (κ1) is 18.5. The molecule has 2 aromatic rings. The van der Waals surface area contributed by atoms with E-state index in [9.17, 15) is 4.79 Å². The number of carbonyl (C=O) groups excluding carboxylic acids is 1. The van der Waals surface area contributed by atoms with Gasteiger partial charge in [-0.2, -0.15) is 5.10 Å². The van der Waals surface area contributed by atoms with Crippen molar-refractivity contribution in [2.45, 2.75) is 38.2 Å². The number of rotatable bonds is 5. The Labute approximate surface area is 154 Å². The summed E-state index contributed by atoms with van der Waals surface area (Å²) in [6.07, 6.45) is 3.69. The topological polar surface area (TPSA) is 67.5 Å². The van der Waals surface area contributed by atoms with E-state index in [4.69, 9.17) is 9.47 Å². The third-order valence-corrected chi connectivity index (χ3v) is 5.27. The Morgan fingerprint density at radius 1 is 1.27 bits per heavy atom. The minimum atomic E-state index is -0.771. The van der Waals surface area contributed by atoms with Gasteiger partial charge in [-0.05, 0) is 44.4 Å². The first-order valence-electron chi connectivity index (χ1n) is 8.98.